The van der Waals surface area contributed by atoms with Crippen molar-refractivity contribution >= 4 is 35.0 Å². The van der Waals surface area contributed by atoms with Crippen LogP contribution in [0.2, 0.25) is 0 Å². The normalized spacial score (nSPS) is 12.5. The molecule has 1 aliphatic rings. The van der Waals surface area contributed by atoms with E-state index in [4.69, 9.17) is 0 Å². The molecule has 28 heavy (non-hydrogen) atoms. The number of rotatable bonds is 4. The Kier molecular flexibility index (Phi) is 5.08. The monoisotopic (exact) mass is 390 g/mol. The lowest BCUT2D eigenvalue weighted by molar-refractivity contribution is 0.0987. The van der Waals surface area contributed by atoms with Gasteiger partial charge in [0, 0.05) is 36.5 Å². The molecule has 6 nitrogen and oxygen atoms in total. The van der Waals surface area contributed by atoms with Crippen molar-refractivity contribution in [3.63, 3.8) is 0 Å². The number of aromatic nitrogens is 2. The Morgan fingerprint density at radius 2 is 2.00 bits per heavy atom. The number of benzene rings is 1. The smallest absolute Gasteiger partial charge is 0.259 e. The molecule has 0 bridgehead atoms. The van der Waals surface area contributed by atoms with E-state index in [1.54, 1.807) is 47.8 Å². The Morgan fingerprint density at radius 3 is 2.79 bits per heavy atom. The van der Waals surface area contributed by atoms with E-state index < -0.39 is 0 Å². The van der Waals surface area contributed by atoms with Gasteiger partial charge in [0.25, 0.3) is 11.8 Å². The highest BCUT2D eigenvalue weighted by Gasteiger charge is 2.26. The minimum absolute atomic E-state index is 0.0905. The fourth-order valence-electron chi connectivity index (χ4n) is 3.24. The Morgan fingerprint density at radius 1 is 1.14 bits per heavy atom. The van der Waals surface area contributed by atoms with E-state index in [0.717, 1.165) is 17.7 Å². The fraction of sp³-hybridized carbons (Fsp3) is 0.143. The predicted molar refractivity (Wildman–Crippen MR) is 110 cm³/mol. The van der Waals surface area contributed by atoms with E-state index in [1.165, 1.54) is 11.8 Å². The van der Waals surface area contributed by atoms with Crippen LogP contribution in [0.25, 0.3) is 0 Å². The fourth-order valence-corrected chi connectivity index (χ4v) is 3.78. The van der Waals surface area contributed by atoms with Crippen LogP contribution in [0.5, 0.6) is 0 Å². The maximum atomic E-state index is 12.8. The van der Waals surface area contributed by atoms with Crippen LogP contribution >= 0.6 is 11.8 Å². The van der Waals surface area contributed by atoms with Gasteiger partial charge >= 0.3 is 0 Å². The van der Waals surface area contributed by atoms with Crippen molar-refractivity contribution in [1.29, 1.82) is 0 Å². The number of carbonyl (C=O) groups is 2. The second-order valence-corrected chi connectivity index (χ2v) is 7.10. The lowest BCUT2D eigenvalue weighted by Gasteiger charge is -2.18. The molecule has 4 rings (SSSR count). The number of fused-ring (bicyclic) bond motifs is 1. The quantitative estimate of drug-likeness (QED) is 0.688. The van der Waals surface area contributed by atoms with Crippen molar-refractivity contribution in [2.45, 2.75) is 11.4 Å². The van der Waals surface area contributed by atoms with E-state index in [-0.39, 0.29) is 11.8 Å². The van der Waals surface area contributed by atoms with Crippen molar-refractivity contribution < 1.29 is 9.59 Å². The maximum absolute atomic E-state index is 12.8. The zero-order chi connectivity index (χ0) is 19.5. The molecule has 0 spiro atoms. The average molecular weight is 390 g/mol. The lowest BCUT2D eigenvalue weighted by Crippen LogP contribution is -2.29. The van der Waals surface area contributed by atoms with E-state index in [1.807, 2.05) is 24.5 Å². The van der Waals surface area contributed by atoms with Crippen molar-refractivity contribution in [3.05, 3.63) is 77.7 Å². The molecule has 0 saturated heterocycles. The van der Waals surface area contributed by atoms with Crippen molar-refractivity contribution in [1.82, 2.24) is 9.97 Å². The molecule has 0 saturated carbocycles. The summed E-state index contributed by atoms with van der Waals surface area (Å²) in [7, 11) is 0. The first kappa shape index (κ1) is 18.2. The van der Waals surface area contributed by atoms with Crippen LogP contribution in [0.4, 0.5) is 11.4 Å². The Hall–Kier alpha value is -3.19. The zero-order valence-electron chi connectivity index (χ0n) is 15.3. The molecule has 2 amide bonds. The number of hydrogen-bond acceptors (Lipinski definition) is 5. The van der Waals surface area contributed by atoms with Gasteiger partial charge in [0.15, 0.2) is 0 Å². The van der Waals surface area contributed by atoms with Gasteiger partial charge in [-0.1, -0.05) is 6.07 Å². The van der Waals surface area contributed by atoms with E-state index in [2.05, 4.69) is 15.3 Å². The first-order valence-corrected chi connectivity index (χ1v) is 10.0. The standard InChI is InChI=1S/C21H18N4O2S/c1-28-20-17(5-3-10-23-20)19(26)24-16-7-6-14-8-11-25(18(14)12-16)21(27)15-4-2-9-22-13-15/h2-7,9-10,12-13H,8,11H2,1H3,(H,24,26). The van der Waals surface area contributed by atoms with E-state index in [9.17, 15) is 9.59 Å². The molecule has 0 aliphatic carbocycles. The van der Waals surface area contributed by atoms with Gasteiger partial charge in [-0.25, -0.2) is 4.98 Å². The largest absolute Gasteiger partial charge is 0.322 e. The van der Waals surface area contributed by atoms with Gasteiger partial charge in [-0.3, -0.25) is 14.6 Å². The summed E-state index contributed by atoms with van der Waals surface area (Å²) in [5, 5.41) is 3.59. The summed E-state index contributed by atoms with van der Waals surface area (Å²) in [5.41, 5.74) is 3.62. The van der Waals surface area contributed by atoms with Crippen molar-refractivity contribution in [2.24, 2.45) is 0 Å². The Balaban J connectivity index is 1.59. The van der Waals surface area contributed by atoms with Crippen LogP contribution in [-0.4, -0.2) is 34.6 Å². The number of carbonyl (C=O) groups excluding carboxylic acids is 2. The second kappa shape index (κ2) is 7.82. The summed E-state index contributed by atoms with van der Waals surface area (Å²) in [6, 6.07) is 12.7. The second-order valence-electron chi connectivity index (χ2n) is 6.31. The van der Waals surface area contributed by atoms with Gasteiger partial charge in [0.1, 0.15) is 5.03 Å². The predicted octanol–water partition coefficient (Wildman–Crippen LogP) is 3.65. The number of pyridine rings is 2. The summed E-state index contributed by atoms with van der Waals surface area (Å²) >= 11 is 1.43. The SMILES string of the molecule is CSc1ncccc1C(=O)Nc1ccc2c(c1)N(C(=O)c1cccnc1)CC2. The van der Waals surface area contributed by atoms with Gasteiger partial charge in [-0.05, 0) is 54.6 Å². The molecular formula is C21H18N4O2S. The van der Waals surface area contributed by atoms with Crippen molar-refractivity contribution in [2.75, 3.05) is 23.0 Å². The molecule has 0 unspecified atom stereocenters. The summed E-state index contributed by atoms with van der Waals surface area (Å²) in [6.07, 6.45) is 7.55. The molecule has 0 fully saturated rings. The first-order valence-electron chi connectivity index (χ1n) is 8.82. The molecule has 3 heterocycles. The zero-order valence-corrected chi connectivity index (χ0v) is 16.1. The van der Waals surface area contributed by atoms with Gasteiger partial charge in [0.05, 0.1) is 11.1 Å². The van der Waals surface area contributed by atoms with E-state index in [0.29, 0.717) is 28.4 Å². The highest BCUT2D eigenvalue weighted by molar-refractivity contribution is 7.98. The van der Waals surface area contributed by atoms with Crippen LogP contribution < -0.4 is 10.2 Å². The summed E-state index contributed by atoms with van der Waals surface area (Å²) < 4.78 is 0. The molecule has 3 aromatic rings. The molecule has 140 valence electrons. The van der Waals surface area contributed by atoms with Crippen LogP contribution in [0.15, 0.2) is 66.1 Å². The third-order valence-corrected chi connectivity index (χ3v) is 5.31. The molecule has 1 N–H and O–H groups in total. The Bertz CT molecular complexity index is 1040. The number of thioether (sulfide) groups is 1. The first-order chi connectivity index (χ1) is 13.7. The number of amides is 2. The molecule has 0 radical (unpaired) electrons. The molecule has 1 aliphatic heterocycles. The topological polar surface area (TPSA) is 75.2 Å². The molecule has 2 aromatic heterocycles. The lowest BCUT2D eigenvalue weighted by atomic mass is 10.1. The molecular weight excluding hydrogens is 372 g/mol. The highest BCUT2D eigenvalue weighted by atomic mass is 32.2. The highest BCUT2D eigenvalue weighted by Crippen LogP contribution is 2.32. The summed E-state index contributed by atoms with van der Waals surface area (Å²) in [6.45, 7) is 0.611. The minimum Gasteiger partial charge on any atom is -0.322 e. The summed E-state index contributed by atoms with van der Waals surface area (Å²) in [5.74, 6) is -0.312. The van der Waals surface area contributed by atoms with Gasteiger partial charge in [0.2, 0.25) is 0 Å². The van der Waals surface area contributed by atoms with Crippen molar-refractivity contribution in [3.8, 4) is 0 Å². The van der Waals surface area contributed by atoms with Crippen LogP contribution in [0.3, 0.4) is 0 Å². The van der Waals surface area contributed by atoms with Crippen LogP contribution in [0, 0.1) is 0 Å². The minimum atomic E-state index is -0.222. The molecule has 1 aromatic carbocycles. The third-order valence-electron chi connectivity index (χ3n) is 4.60. The number of anilines is 2. The summed E-state index contributed by atoms with van der Waals surface area (Å²) in [4.78, 5) is 35.5. The van der Waals surface area contributed by atoms with Crippen LogP contribution in [-0.2, 0) is 6.42 Å². The molecule has 7 heteroatoms. The number of hydrogen-bond donors (Lipinski definition) is 1. The average Bonchev–Trinajstić information content (AvgIpc) is 3.17. The van der Waals surface area contributed by atoms with Gasteiger partial charge in [-0.2, -0.15) is 0 Å². The number of nitrogens with one attached hydrogen (secondary N) is 1. The van der Waals surface area contributed by atoms with Gasteiger partial charge in [-0.15, -0.1) is 11.8 Å². The number of nitrogens with zero attached hydrogens (tertiary/aromatic N) is 3. The third kappa shape index (κ3) is 3.48. The molecule has 0 atom stereocenters. The van der Waals surface area contributed by atoms with Crippen LogP contribution in [0.1, 0.15) is 26.3 Å². The van der Waals surface area contributed by atoms with Gasteiger partial charge < -0.3 is 10.2 Å². The van der Waals surface area contributed by atoms with E-state index >= 15 is 0 Å². The maximum Gasteiger partial charge on any atom is 0.259 e. The Labute approximate surface area is 167 Å².